The van der Waals surface area contributed by atoms with E-state index in [1.54, 1.807) is 0 Å². The van der Waals surface area contributed by atoms with E-state index in [4.69, 9.17) is 10.8 Å². The Labute approximate surface area is 80.7 Å². The van der Waals surface area contributed by atoms with Gasteiger partial charge in [-0.2, -0.15) is 0 Å². The Morgan fingerprint density at radius 1 is 1.62 bits per heavy atom. The van der Waals surface area contributed by atoms with Crippen molar-refractivity contribution in [3.05, 3.63) is 0 Å². The standard InChI is InChI=1S/C10H22N2O/c1-8(5-6-13)12-10(2,7-11)9-3-4-9/h8-9,12-13H,3-7,11H2,1-2H3. The Morgan fingerprint density at radius 3 is 2.62 bits per heavy atom. The van der Waals surface area contributed by atoms with Gasteiger partial charge in [0, 0.05) is 24.7 Å². The minimum atomic E-state index is 0.0919. The summed E-state index contributed by atoms with van der Waals surface area (Å²) in [5.41, 5.74) is 5.86. The minimum Gasteiger partial charge on any atom is -0.396 e. The summed E-state index contributed by atoms with van der Waals surface area (Å²) >= 11 is 0. The van der Waals surface area contributed by atoms with Crippen LogP contribution < -0.4 is 11.1 Å². The zero-order valence-corrected chi connectivity index (χ0v) is 8.71. The van der Waals surface area contributed by atoms with E-state index in [2.05, 4.69) is 19.2 Å². The first kappa shape index (κ1) is 11.0. The van der Waals surface area contributed by atoms with Crippen molar-refractivity contribution in [1.29, 1.82) is 0 Å². The van der Waals surface area contributed by atoms with Crippen molar-refractivity contribution in [1.82, 2.24) is 5.32 Å². The maximum atomic E-state index is 8.79. The van der Waals surface area contributed by atoms with Crippen molar-refractivity contribution < 1.29 is 5.11 Å². The molecule has 0 heterocycles. The summed E-state index contributed by atoms with van der Waals surface area (Å²) in [5, 5.41) is 12.3. The van der Waals surface area contributed by atoms with Gasteiger partial charge in [-0.25, -0.2) is 0 Å². The predicted molar refractivity (Wildman–Crippen MR) is 54.5 cm³/mol. The molecular weight excluding hydrogens is 164 g/mol. The molecule has 1 aliphatic rings. The first-order chi connectivity index (χ1) is 6.12. The highest BCUT2D eigenvalue weighted by Crippen LogP contribution is 2.39. The van der Waals surface area contributed by atoms with Gasteiger partial charge in [-0.3, -0.25) is 0 Å². The highest BCUT2D eigenvalue weighted by Gasteiger charge is 2.40. The molecule has 2 atom stereocenters. The van der Waals surface area contributed by atoms with E-state index in [0.29, 0.717) is 12.6 Å². The SMILES string of the molecule is CC(CCO)NC(C)(CN)C1CC1. The summed E-state index contributed by atoms with van der Waals surface area (Å²) in [6.07, 6.45) is 3.40. The molecule has 0 aliphatic heterocycles. The Morgan fingerprint density at radius 2 is 2.23 bits per heavy atom. The van der Waals surface area contributed by atoms with E-state index in [0.717, 1.165) is 12.3 Å². The van der Waals surface area contributed by atoms with Crippen LogP contribution >= 0.6 is 0 Å². The minimum absolute atomic E-state index is 0.0919. The molecule has 0 aromatic rings. The number of hydrogen-bond acceptors (Lipinski definition) is 3. The van der Waals surface area contributed by atoms with Crippen LogP contribution in [0.2, 0.25) is 0 Å². The lowest BCUT2D eigenvalue weighted by Gasteiger charge is -2.33. The second kappa shape index (κ2) is 4.40. The molecule has 0 aromatic carbocycles. The molecule has 3 heteroatoms. The fraction of sp³-hybridized carbons (Fsp3) is 1.00. The lowest BCUT2D eigenvalue weighted by atomic mass is 9.94. The van der Waals surface area contributed by atoms with Crippen molar-refractivity contribution in [2.75, 3.05) is 13.2 Å². The van der Waals surface area contributed by atoms with Crippen LogP contribution in [-0.2, 0) is 0 Å². The van der Waals surface area contributed by atoms with Crippen molar-refractivity contribution in [2.45, 2.75) is 44.7 Å². The topological polar surface area (TPSA) is 58.3 Å². The third kappa shape index (κ3) is 2.93. The number of rotatable bonds is 6. The second-order valence-corrected chi connectivity index (χ2v) is 4.45. The molecule has 1 saturated carbocycles. The van der Waals surface area contributed by atoms with E-state index in [1.807, 2.05) is 0 Å². The molecule has 4 N–H and O–H groups in total. The Bertz CT molecular complexity index is 159. The molecule has 1 fully saturated rings. The monoisotopic (exact) mass is 186 g/mol. The third-order valence-electron chi connectivity index (χ3n) is 3.04. The van der Waals surface area contributed by atoms with Crippen molar-refractivity contribution in [3.63, 3.8) is 0 Å². The van der Waals surface area contributed by atoms with E-state index in [-0.39, 0.29) is 12.1 Å². The maximum absolute atomic E-state index is 8.79. The fourth-order valence-electron chi connectivity index (χ4n) is 1.89. The highest BCUT2D eigenvalue weighted by atomic mass is 16.3. The van der Waals surface area contributed by atoms with Gasteiger partial charge in [-0.05, 0) is 39.0 Å². The van der Waals surface area contributed by atoms with Crippen LogP contribution in [0, 0.1) is 5.92 Å². The molecule has 0 saturated heterocycles. The second-order valence-electron chi connectivity index (χ2n) is 4.45. The first-order valence-corrected chi connectivity index (χ1v) is 5.21. The van der Waals surface area contributed by atoms with Gasteiger partial charge in [0.25, 0.3) is 0 Å². The number of nitrogens with one attached hydrogen (secondary N) is 1. The highest BCUT2D eigenvalue weighted by molar-refractivity contribution is 4.99. The molecule has 0 radical (unpaired) electrons. The number of aliphatic hydroxyl groups is 1. The Kier molecular flexibility index (Phi) is 3.71. The predicted octanol–water partition coefficient (Wildman–Crippen LogP) is 0.474. The molecule has 13 heavy (non-hydrogen) atoms. The molecular formula is C10H22N2O. The summed E-state index contributed by atoms with van der Waals surface area (Å²) < 4.78 is 0. The quantitative estimate of drug-likeness (QED) is 0.565. The van der Waals surface area contributed by atoms with Gasteiger partial charge in [0.15, 0.2) is 0 Å². The number of hydrogen-bond donors (Lipinski definition) is 3. The third-order valence-corrected chi connectivity index (χ3v) is 3.04. The molecule has 0 aromatic heterocycles. The maximum Gasteiger partial charge on any atom is 0.0445 e. The Hall–Kier alpha value is -0.120. The molecule has 0 bridgehead atoms. The lowest BCUT2D eigenvalue weighted by Crippen LogP contribution is -2.54. The van der Waals surface area contributed by atoms with Crippen molar-refractivity contribution in [2.24, 2.45) is 11.7 Å². The summed E-state index contributed by atoms with van der Waals surface area (Å²) in [6.45, 7) is 5.23. The van der Waals surface area contributed by atoms with Crippen LogP contribution in [0.25, 0.3) is 0 Å². The van der Waals surface area contributed by atoms with Gasteiger partial charge in [-0.15, -0.1) is 0 Å². The van der Waals surface area contributed by atoms with Gasteiger partial charge in [0.2, 0.25) is 0 Å². The summed E-state index contributed by atoms with van der Waals surface area (Å²) in [6, 6.07) is 0.360. The van der Waals surface area contributed by atoms with Crippen molar-refractivity contribution in [3.8, 4) is 0 Å². The van der Waals surface area contributed by atoms with Crippen LogP contribution in [0.15, 0.2) is 0 Å². The van der Waals surface area contributed by atoms with Crippen LogP contribution in [0.5, 0.6) is 0 Å². The van der Waals surface area contributed by atoms with Gasteiger partial charge in [0.05, 0.1) is 0 Å². The summed E-state index contributed by atoms with van der Waals surface area (Å²) in [4.78, 5) is 0. The van der Waals surface area contributed by atoms with Crippen LogP contribution in [-0.4, -0.2) is 29.8 Å². The van der Waals surface area contributed by atoms with Gasteiger partial charge in [0.1, 0.15) is 0 Å². The summed E-state index contributed by atoms with van der Waals surface area (Å²) in [7, 11) is 0. The molecule has 78 valence electrons. The molecule has 2 unspecified atom stereocenters. The molecule has 0 amide bonds. The average molecular weight is 186 g/mol. The van der Waals surface area contributed by atoms with E-state index in [9.17, 15) is 0 Å². The lowest BCUT2D eigenvalue weighted by molar-refractivity contribution is 0.231. The van der Waals surface area contributed by atoms with Crippen LogP contribution in [0.4, 0.5) is 0 Å². The largest absolute Gasteiger partial charge is 0.396 e. The smallest absolute Gasteiger partial charge is 0.0445 e. The van der Waals surface area contributed by atoms with Gasteiger partial charge in [-0.1, -0.05) is 0 Å². The average Bonchev–Trinajstić information content (AvgIpc) is 2.86. The van der Waals surface area contributed by atoms with E-state index in [1.165, 1.54) is 12.8 Å². The van der Waals surface area contributed by atoms with Gasteiger partial charge >= 0.3 is 0 Å². The molecule has 3 nitrogen and oxygen atoms in total. The van der Waals surface area contributed by atoms with Crippen molar-refractivity contribution >= 4 is 0 Å². The molecule has 0 spiro atoms. The number of nitrogens with two attached hydrogens (primary N) is 1. The first-order valence-electron chi connectivity index (χ1n) is 5.21. The number of aliphatic hydroxyl groups excluding tert-OH is 1. The van der Waals surface area contributed by atoms with Crippen LogP contribution in [0.3, 0.4) is 0 Å². The van der Waals surface area contributed by atoms with Crippen LogP contribution in [0.1, 0.15) is 33.1 Å². The van der Waals surface area contributed by atoms with E-state index < -0.39 is 0 Å². The molecule has 1 rings (SSSR count). The fourth-order valence-corrected chi connectivity index (χ4v) is 1.89. The normalized spacial score (nSPS) is 24.0. The molecule has 1 aliphatic carbocycles. The zero-order chi connectivity index (χ0) is 9.90. The van der Waals surface area contributed by atoms with Gasteiger partial charge < -0.3 is 16.2 Å². The summed E-state index contributed by atoms with van der Waals surface area (Å²) in [5.74, 6) is 0.749. The zero-order valence-electron chi connectivity index (χ0n) is 8.71. The van der Waals surface area contributed by atoms with E-state index >= 15 is 0 Å². The Balaban J connectivity index is 2.37.